The first kappa shape index (κ1) is 16.6. The number of nitrogens with zero attached hydrogens (tertiary/aromatic N) is 2. The summed E-state index contributed by atoms with van der Waals surface area (Å²) in [5, 5.41) is 19.7. The van der Waals surface area contributed by atoms with E-state index in [4.69, 9.17) is 0 Å². The minimum Gasteiger partial charge on any atom is -0.392 e. The van der Waals surface area contributed by atoms with Gasteiger partial charge in [0.15, 0.2) is 0 Å². The van der Waals surface area contributed by atoms with Crippen LogP contribution in [0, 0.1) is 19.7 Å². The topological polar surface area (TPSA) is 81.2 Å². The van der Waals surface area contributed by atoms with Crippen molar-refractivity contribution >= 4 is 11.6 Å². The first-order chi connectivity index (χ1) is 11.4. The number of aliphatic hydroxyl groups is 1. The van der Waals surface area contributed by atoms with Crippen LogP contribution in [0.15, 0.2) is 24.3 Å². The maximum atomic E-state index is 13.5. The molecule has 0 saturated carbocycles. The van der Waals surface area contributed by atoms with Crippen LogP contribution in [-0.4, -0.2) is 45.3 Å². The molecule has 1 aromatic heterocycles. The lowest BCUT2D eigenvalue weighted by Gasteiger charge is -2.24. The number of aromatic amines is 1. The Kier molecular flexibility index (Phi) is 4.64. The van der Waals surface area contributed by atoms with Crippen LogP contribution in [0.5, 0.6) is 0 Å². The molecule has 0 radical (unpaired) electrons. The fourth-order valence-electron chi connectivity index (χ4n) is 3.21. The second kappa shape index (κ2) is 6.70. The summed E-state index contributed by atoms with van der Waals surface area (Å²) in [6.07, 6.45) is -0.0380. The predicted octanol–water partition coefficient (Wildman–Crippen LogP) is 1.91. The number of aromatic nitrogens is 2. The first-order valence-corrected chi connectivity index (χ1v) is 7.93. The number of hydrogen-bond donors (Lipinski definition) is 3. The molecule has 128 valence electrons. The summed E-state index contributed by atoms with van der Waals surface area (Å²) in [5.74, 6) is -0.499. The third-order valence-electron chi connectivity index (χ3n) is 4.35. The number of hydrogen-bond acceptors (Lipinski definition) is 4. The minimum absolute atomic E-state index is 0.127. The van der Waals surface area contributed by atoms with E-state index in [2.05, 4.69) is 15.5 Å². The molecule has 1 amide bonds. The van der Waals surface area contributed by atoms with Crippen molar-refractivity contribution in [1.82, 2.24) is 15.1 Å². The Bertz CT molecular complexity index is 726. The highest BCUT2D eigenvalue weighted by molar-refractivity contribution is 5.93. The van der Waals surface area contributed by atoms with Crippen LogP contribution < -0.4 is 5.32 Å². The fourth-order valence-corrected chi connectivity index (χ4v) is 3.21. The Hall–Kier alpha value is -2.25. The molecular formula is C17H21FN4O2. The van der Waals surface area contributed by atoms with E-state index in [0.29, 0.717) is 18.7 Å². The summed E-state index contributed by atoms with van der Waals surface area (Å²) in [6, 6.07) is 6.13. The second-order valence-electron chi connectivity index (χ2n) is 6.25. The van der Waals surface area contributed by atoms with Crippen LogP contribution in [0.4, 0.5) is 10.1 Å². The number of amides is 1. The predicted molar refractivity (Wildman–Crippen MR) is 88.0 cm³/mol. The smallest absolute Gasteiger partial charge is 0.238 e. The molecule has 1 fully saturated rings. The maximum Gasteiger partial charge on any atom is 0.238 e. The molecule has 6 nitrogen and oxygen atoms in total. The van der Waals surface area contributed by atoms with Gasteiger partial charge in [0.2, 0.25) is 5.91 Å². The lowest BCUT2D eigenvalue weighted by atomic mass is 10.0. The summed E-state index contributed by atoms with van der Waals surface area (Å²) in [4.78, 5) is 14.2. The monoisotopic (exact) mass is 332 g/mol. The van der Waals surface area contributed by atoms with Crippen molar-refractivity contribution in [3.8, 4) is 0 Å². The Labute approximate surface area is 139 Å². The zero-order chi connectivity index (χ0) is 17.3. The fraction of sp³-hybridized carbons (Fsp3) is 0.412. The van der Waals surface area contributed by atoms with E-state index < -0.39 is 6.10 Å². The van der Waals surface area contributed by atoms with E-state index in [1.807, 2.05) is 24.8 Å². The van der Waals surface area contributed by atoms with Gasteiger partial charge < -0.3 is 10.4 Å². The number of aryl methyl sites for hydroxylation is 2. The molecule has 0 spiro atoms. The number of halogens is 1. The van der Waals surface area contributed by atoms with E-state index in [1.165, 1.54) is 12.1 Å². The standard InChI is InChI=1S/C17H21FN4O2/c1-10-17(11(2)21-20-10)19-16(24)9-22-8-14(23)7-15(22)12-4-3-5-13(18)6-12/h3-6,14-15,23H,7-9H2,1-2H3,(H,19,24)(H,20,21)/t14-,15+/m0/s1. The molecule has 1 aromatic carbocycles. The lowest BCUT2D eigenvalue weighted by Crippen LogP contribution is -2.34. The normalized spacial score (nSPS) is 21.2. The zero-order valence-corrected chi connectivity index (χ0v) is 13.7. The molecule has 2 atom stereocenters. The van der Waals surface area contributed by atoms with E-state index >= 15 is 0 Å². The molecule has 1 aliphatic heterocycles. The molecule has 3 N–H and O–H groups in total. The molecular weight excluding hydrogens is 311 g/mol. The number of carbonyl (C=O) groups excluding carboxylic acids is 1. The SMILES string of the molecule is Cc1n[nH]c(C)c1NC(=O)CN1C[C@@H](O)C[C@@H]1c1cccc(F)c1. The maximum absolute atomic E-state index is 13.5. The summed E-state index contributed by atoms with van der Waals surface area (Å²) < 4.78 is 13.5. The minimum atomic E-state index is -0.525. The average molecular weight is 332 g/mol. The van der Waals surface area contributed by atoms with Crippen LogP contribution in [0.25, 0.3) is 0 Å². The highest BCUT2D eigenvalue weighted by Gasteiger charge is 2.33. The van der Waals surface area contributed by atoms with Gasteiger partial charge in [-0.3, -0.25) is 14.8 Å². The molecule has 1 aliphatic rings. The van der Waals surface area contributed by atoms with Gasteiger partial charge in [-0.25, -0.2) is 4.39 Å². The van der Waals surface area contributed by atoms with Crippen LogP contribution in [-0.2, 0) is 4.79 Å². The molecule has 3 rings (SSSR count). The van der Waals surface area contributed by atoms with Crippen molar-refractivity contribution in [2.24, 2.45) is 0 Å². The molecule has 0 bridgehead atoms. The third kappa shape index (κ3) is 3.47. The number of carbonyl (C=O) groups is 1. The second-order valence-corrected chi connectivity index (χ2v) is 6.25. The third-order valence-corrected chi connectivity index (χ3v) is 4.35. The van der Waals surface area contributed by atoms with Crippen molar-refractivity contribution in [3.63, 3.8) is 0 Å². The van der Waals surface area contributed by atoms with Crippen LogP contribution in [0.2, 0.25) is 0 Å². The Morgan fingerprint density at radius 3 is 2.96 bits per heavy atom. The number of anilines is 1. The van der Waals surface area contributed by atoms with Gasteiger partial charge in [0, 0.05) is 12.6 Å². The largest absolute Gasteiger partial charge is 0.392 e. The number of H-pyrrole nitrogens is 1. The molecule has 0 unspecified atom stereocenters. The summed E-state index contributed by atoms with van der Waals surface area (Å²) >= 11 is 0. The van der Waals surface area contributed by atoms with E-state index in [0.717, 1.165) is 17.0 Å². The lowest BCUT2D eigenvalue weighted by molar-refractivity contribution is -0.117. The highest BCUT2D eigenvalue weighted by Crippen LogP contribution is 2.32. The van der Waals surface area contributed by atoms with Gasteiger partial charge in [-0.05, 0) is 38.0 Å². The average Bonchev–Trinajstić information content (AvgIpc) is 3.04. The van der Waals surface area contributed by atoms with Crippen molar-refractivity contribution in [2.75, 3.05) is 18.4 Å². The van der Waals surface area contributed by atoms with E-state index in [9.17, 15) is 14.3 Å². The first-order valence-electron chi connectivity index (χ1n) is 7.93. The molecule has 1 saturated heterocycles. The molecule has 0 aliphatic carbocycles. The highest BCUT2D eigenvalue weighted by atomic mass is 19.1. The van der Waals surface area contributed by atoms with Crippen LogP contribution >= 0.6 is 0 Å². The quantitative estimate of drug-likeness (QED) is 0.799. The van der Waals surface area contributed by atoms with Crippen LogP contribution in [0.3, 0.4) is 0 Å². The van der Waals surface area contributed by atoms with Gasteiger partial charge in [-0.2, -0.15) is 5.10 Å². The molecule has 2 aromatic rings. The molecule has 7 heteroatoms. The van der Waals surface area contributed by atoms with E-state index in [-0.39, 0.29) is 24.3 Å². The Morgan fingerprint density at radius 2 is 2.29 bits per heavy atom. The zero-order valence-electron chi connectivity index (χ0n) is 13.7. The number of aliphatic hydroxyl groups excluding tert-OH is 1. The van der Waals surface area contributed by atoms with Crippen LogP contribution in [0.1, 0.15) is 29.4 Å². The van der Waals surface area contributed by atoms with Gasteiger partial charge in [0.05, 0.1) is 29.7 Å². The summed E-state index contributed by atoms with van der Waals surface area (Å²) in [7, 11) is 0. The van der Waals surface area contributed by atoms with Crippen molar-refractivity contribution in [3.05, 3.63) is 47.0 Å². The number of likely N-dealkylation sites (tertiary alicyclic amines) is 1. The number of β-amino-alcohol motifs (C(OH)–C–C–N with tert-alkyl or cyclic N) is 1. The van der Waals surface area contributed by atoms with Gasteiger partial charge in [0.1, 0.15) is 5.82 Å². The van der Waals surface area contributed by atoms with Gasteiger partial charge in [-0.15, -0.1) is 0 Å². The Balaban J connectivity index is 1.71. The van der Waals surface area contributed by atoms with Crippen molar-refractivity contribution in [1.29, 1.82) is 0 Å². The van der Waals surface area contributed by atoms with Crippen molar-refractivity contribution in [2.45, 2.75) is 32.4 Å². The number of benzene rings is 1. The molecule has 2 heterocycles. The number of nitrogens with one attached hydrogen (secondary N) is 2. The summed E-state index contributed by atoms with van der Waals surface area (Å²) in [6.45, 7) is 4.17. The van der Waals surface area contributed by atoms with Gasteiger partial charge in [0.25, 0.3) is 0 Å². The Morgan fingerprint density at radius 1 is 1.50 bits per heavy atom. The van der Waals surface area contributed by atoms with Gasteiger partial charge in [-0.1, -0.05) is 12.1 Å². The summed E-state index contributed by atoms with van der Waals surface area (Å²) in [5.41, 5.74) is 2.98. The number of rotatable bonds is 4. The van der Waals surface area contributed by atoms with Crippen molar-refractivity contribution < 1.29 is 14.3 Å². The van der Waals surface area contributed by atoms with Gasteiger partial charge >= 0.3 is 0 Å². The molecule has 24 heavy (non-hydrogen) atoms. The van der Waals surface area contributed by atoms with E-state index in [1.54, 1.807) is 6.07 Å².